The molecule has 1 aliphatic rings. The molecule has 2 aromatic heterocycles. The highest BCUT2D eigenvalue weighted by molar-refractivity contribution is 5.83. The maximum atomic E-state index is 9.17. The molecule has 1 aliphatic heterocycles. The number of nitrogens with zero attached hydrogens (tertiary/aromatic N) is 5. The number of hydrogen-bond acceptors (Lipinski definition) is 6. The minimum Gasteiger partial charge on any atom is -0.497 e. The number of anilines is 1. The molecule has 2 aromatic carbocycles. The molecule has 0 atom stereocenters. The molecule has 35 heavy (non-hydrogen) atoms. The second kappa shape index (κ2) is 9.40. The summed E-state index contributed by atoms with van der Waals surface area (Å²) >= 11 is 0. The first-order chi connectivity index (χ1) is 17.0. The number of aryl methyl sites for hydroxylation is 2. The van der Waals surface area contributed by atoms with Crippen LogP contribution >= 0.6 is 0 Å². The smallest absolute Gasteiger partial charge is 0.165 e. The average Bonchev–Trinajstić information content (AvgIpc) is 3.46. The van der Waals surface area contributed by atoms with Crippen molar-refractivity contribution in [2.75, 3.05) is 18.6 Å². The van der Waals surface area contributed by atoms with E-state index in [1.54, 1.807) is 7.11 Å². The molecule has 7 heteroatoms. The fourth-order valence-corrected chi connectivity index (χ4v) is 4.85. The molecule has 0 unspecified atom stereocenters. The number of ether oxygens (including phenoxy) is 2. The van der Waals surface area contributed by atoms with Crippen LogP contribution in [-0.2, 0) is 24.5 Å². The minimum atomic E-state index is 0.501. The Kier molecular flexibility index (Phi) is 6.14. The van der Waals surface area contributed by atoms with E-state index in [-0.39, 0.29) is 0 Å². The highest BCUT2D eigenvalue weighted by atomic mass is 16.5. The normalized spacial score (nSPS) is 12.5. The molecule has 3 heterocycles. The van der Waals surface area contributed by atoms with Crippen LogP contribution < -0.4 is 9.64 Å². The van der Waals surface area contributed by atoms with Crippen LogP contribution in [-0.4, -0.2) is 28.3 Å². The molecule has 178 valence electrons. The number of aromatic nitrogens is 3. The first-order valence-electron chi connectivity index (χ1n) is 11.9. The Bertz CT molecular complexity index is 1430. The molecule has 0 bridgehead atoms. The van der Waals surface area contributed by atoms with Crippen LogP contribution in [0.1, 0.15) is 47.0 Å². The molecule has 4 aromatic rings. The zero-order valence-corrected chi connectivity index (χ0v) is 20.6. The Morgan fingerprint density at radius 3 is 2.63 bits per heavy atom. The van der Waals surface area contributed by atoms with Crippen molar-refractivity contribution in [3.05, 3.63) is 76.1 Å². The number of nitriles is 1. The lowest BCUT2D eigenvalue weighted by molar-refractivity contribution is 0.133. The van der Waals surface area contributed by atoms with E-state index in [9.17, 15) is 0 Å². The predicted molar refractivity (Wildman–Crippen MR) is 135 cm³/mol. The molecule has 0 saturated heterocycles. The molecule has 5 rings (SSSR count). The monoisotopic (exact) mass is 467 g/mol. The summed E-state index contributed by atoms with van der Waals surface area (Å²) in [5.41, 5.74) is 8.91. The lowest BCUT2D eigenvalue weighted by Crippen LogP contribution is -2.27. The zero-order valence-electron chi connectivity index (χ0n) is 20.6. The van der Waals surface area contributed by atoms with Gasteiger partial charge in [0.2, 0.25) is 0 Å². The van der Waals surface area contributed by atoms with Gasteiger partial charge in [-0.2, -0.15) is 14.9 Å². The lowest BCUT2D eigenvalue weighted by atomic mass is 10.0. The van der Waals surface area contributed by atoms with Gasteiger partial charge in [0.1, 0.15) is 11.6 Å². The quantitative estimate of drug-likeness (QED) is 0.365. The summed E-state index contributed by atoms with van der Waals surface area (Å²) in [6.45, 7) is 8.91. The van der Waals surface area contributed by atoms with Crippen LogP contribution in [0.4, 0.5) is 5.82 Å². The van der Waals surface area contributed by atoms with Gasteiger partial charge in [-0.1, -0.05) is 25.1 Å². The van der Waals surface area contributed by atoms with Crippen molar-refractivity contribution >= 4 is 11.5 Å². The largest absolute Gasteiger partial charge is 0.497 e. The Morgan fingerprint density at radius 1 is 1.14 bits per heavy atom. The van der Waals surface area contributed by atoms with Crippen LogP contribution in [0.3, 0.4) is 0 Å². The Hall–Kier alpha value is -3.89. The van der Waals surface area contributed by atoms with E-state index >= 15 is 0 Å². The van der Waals surface area contributed by atoms with Gasteiger partial charge in [-0.3, -0.25) is 0 Å². The standard InChI is InChI=1S/C28H29N5O2/c1-5-12-32(15-21-8-6-20(14-29)7-9-21)28-24-16-35-17-25(24)30-27-26(19(3)31-33(27)28)23-11-10-22(34-4)13-18(23)2/h6-11,13H,5,12,15-17H2,1-4H3. The summed E-state index contributed by atoms with van der Waals surface area (Å²) in [6.07, 6.45) is 0.987. The van der Waals surface area contributed by atoms with Crippen molar-refractivity contribution in [3.8, 4) is 22.9 Å². The van der Waals surface area contributed by atoms with Crippen LogP contribution in [0.25, 0.3) is 16.8 Å². The van der Waals surface area contributed by atoms with E-state index in [4.69, 9.17) is 24.8 Å². The van der Waals surface area contributed by atoms with Crippen molar-refractivity contribution in [2.45, 2.75) is 47.0 Å². The Morgan fingerprint density at radius 2 is 1.94 bits per heavy atom. The van der Waals surface area contributed by atoms with Crippen molar-refractivity contribution < 1.29 is 9.47 Å². The van der Waals surface area contributed by atoms with E-state index in [1.165, 1.54) is 0 Å². The lowest BCUT2D eigenvalue weighted by Gasteiger charge is -2.27. The van der Waals surface area contributed by atoms with E-state index in [0.717, 1.165) is 69.4 Å². The third kappa shape index (κ3) is 4.11. The van der Waals surface area contributed by atoms with Gasteiger partial charge in [-0.25, -0.2) is 4.98 Å². The second-order valence-electron chi connectivity index (χ2n) is 8.96. The third-order valence-electron chi connectivity index (χ3n) is 6.53. The van der Waals surface area contributed by atoms with Gasteiger partial charge >= 0.3 is 0 Å². The summed E-state index contributed by atoms with van der Waals surface area (Å²) in [5, 5.41) is 14.2. The van der Waals surface area contributed by atoms with Gasteiger partial charge in [-0.05, 0) is 61.2 Å². The molecular formula is C28H29N5O2. The molecule has 0 radical (unpaired) electrons. The molecular weight excluding hydrogens is 438 g/mol. The molecule has 0 saturated carbocycles. The maximum absolute atomic E-state index is 9.17. The van der Waals surface area contributed by atoms with E-state index in [1.807, 2.05) is 47.8 Å². The summed E-state index contributed by atoms with van der Waals surface area (Å²) in [4.78, 5) is 7.41. The fraction of sp³-hybridized carbons (Fsp3) is 0.321. The van der Waals surface area contributed by atoms with Crippen LogP contribution in [0.15, 0.2) is 42.5 Å². The van der Waals surface area contributed by atoms with E-state index < -0.39 is 0 Å². The summed E-state index contributed by atoms with van der Waals surface area (Å²) in [6, 6.07) is 16.1. The Balaban J connectivity index is 1.68. The summed E-state index contributed by atoms with van der Waals surface area (Å²) in [7, 11) is 1.68. The maximum Gasteiger partial charge on any atom is 0.165 e. The predicted octanol–water partition coefficient (Wildman–Crippen LogP) is 5.34. The van der Waals surface area contributed by atoms with Crippen LogP contribution in [0.2, 0.25) is 0 Å². The minimum absolute atomic E-state index is 0.501. The van der Waals surface area contributed by atoms with Gasteiger partial charge in [0.15, 0.2) is 5.65 Å². The number of methoxy groups -OCH3 is 1. The number of rotatable bonds is 7. The van der Waals surface area contributed by atoms with E-state index in [2.05, 4.69) is 30.9 Å². The van der Waals surface area contributed by atoms with Crippen molar-refractivity contribution in [3.63, 3.8) is 0 Å². The van der Waals surface area contributed by atoms with Gasteiger partial charge in [0.05, 0.1) is 43.3 Å². The third-order valence-corrected chi connectivity index (χ3v) is 6.53. The van der Waals surface area contributed by atoms with Crippen LogP contribution in [0, 0.1) is 25.2 Å². The summed E-state index contributed by atoms with van der Waals surface area (Å²) in [5.74, 6) is 1.87. The van der Waals surface area contributed by atoms with Crippen LogP contribution in [0.5, 0.6) is 5.75 Å². The number of benzene rings is 2. The van der Waals surface area contributed by atoms with Crippen molar-refractivity contribution in [1.82, 2.24) is 14.6 Å². The molecule has 7 nitrogen and oxygen atoms in total. The number of hydrogen-bond donors (Lipinski definition) is 0. The van der Waals surface area contributed by atoms with Crippen molar-refractivity contribution in [1.29, 1.82) is 5.26 Å². The highest BCUT2D eigenvalue weighted by Gasteiger charge is 2.28. The topological polar surface area (TPSA) is 75.7 Å². The molecule has 0 aliphatic carbocycles. The SMILES string of the molecule is CCCN(Cc1ccc(C#N)cc1)c1c2c(nc3c(-c4ccc(OC)cc4C)c(C)nn13)COC2. The second-order valence-corrected chi connectivity index (χ2v) is 8.96. The molecule has 0 spiro atoms. The highest BCUT2D eigenvalue weighted by Crippen LogP contribution is 2.37. The van der Waals surface area contributed by atoms with Gasteiger partial charge in [-0.15, -0.1) is 0 Å². The van der Waals surface area contributed by atoms with Gasteiger partial charge in [0, 0.05) is 24.2 Å². The number of fused-ring (bicyclic) bond motifs is 2. The average molecular weight is 468 g/mol. The summed E-state index contributed by atoms with van der Waals surface area (Å²) < 4.78 is 13.3. The van der Waals surface area contributed by atoms with Gasteiger partial charge < -0.3 is 14.4 Å². The first-order valence-corrected chi connectivity index (χ1v) is 11.9. The molecule has 0 fully saturated rings. The van der Waals surface area contributed by atoms with Gasteiger partial charge in [0.25, 0.3) is 0 Å². The zero-order chi connectivity index (χ0) is 24.5. The Labute approximate surface area is 205 Å². The van der Waals surface area contributed by atoms with Crippen molar-refractivity contribution in [2.24, 2.45) is 0 Å². The van der Waals surface area contributed by atoms with E-state index in [0.29, 0.717) is 25.3 Å². The first kappa shape index (κ1) is 22.9. The molecule has 0 N–H and O–H groups in total. The fourth-order valence-electron chi connectivity index (χ4n) is 4.85. The molecule has 0 amide bonds.